The van der Waals surface area contributed by atoms with E-state index in [2.05, 4.69) is 20.9 Å². The number of halogens is 3. The van der Waals surface area contributed by atoms with Gasteiger partial charge < -0.3 is 5.11 Å². The lowest BCUT2D eigenvalue weighted by Gasteiger charge is -2.07. The van der Waals surface area contributed by atoms with Crippen LogP contribution in [0.4, 0.5) is 0 Å². The lowest BCUT2D eigenvalue weighted by molar-refractivity contribution is 0.0692. The van der Waals surface area contributed by atoms with Crippen LogP contribution in [0.15, 0.2) is 44.9 Å². The molecule has 0 saturated carbocycles. The van der Waals surface area contributed by atoms with Crippen LogP contribution >= 0.6 is 50.9 Å². The molecule has 1 aromatic carbocycles. The first kappa shape index (κ1) is 14.7. The number of hydrogen-bond donors (Lipinski definition) is 1. The zero-order valence-corrected chi connectivity index (χ0v) is 13.1. The fraction of sp³-hybridized carbons (Fsp3) is 0. The van der Waals surface area contributed by atoms with Gasteiger partial charge in [0.1, 0.15) is 5.03 Å². The Morgan fingerprint density at radius 2 is 2.05 bits per heavy atom. The number of rotatable bonds is 3. The molecule has 0 radical (unpaired) electrons. The summed E-state index contributed by atoms with van der Waals surface area (Å²) in [7, 11) is 0. The van der Waals surface area contributed by atoms with E-state index in [4.69, 9.17) is 28.3 Å². The first-order chi connectivity index (χ1) is 8.97. The SMILES string of the molecule is O=C(O)c1cc(Br)cnc1Sc1cc(Cl)ccc1Cl. The Morgan fingerprint density at radius 1 is 1.32 bits per heavy atom. The van der Waals surface area contributed by atoms with Crippen LogP contribution in [0, 0.1) is 0 Å². The second kappa shape index (κ2) is 6.13. The third-order valence-corrected chi connectivity index (χ3v) is 4.33. The predicted molar refractivity (Wildman–Crippen MR) is 79.5 cm³/mol. The molecule has 19 heavy (non-hydrogen) atoms. The molecule has 7 heteroatoms. The van der Waals surface area contributed by atoms with Crippen molar-refractivity contribution < 1.29 is 9.90 Å². The number of carboxylic acid groups (broad SMARTS) is 1. The summed E-state index contributed by atoms with van der Waals surface area (Å²) >= 11 is 16.3. The van der Waals surface area contributed by atoms with Crippen molar-refractivity contribution in [2.75, 3.05) is 0 Å². The Labute approximate surface area is 132 Å². The Hall–Kier alpha value is -0.750. The molecule has 2 aromatic rings. The molecule has 98 valence electrons. The second-order valence-corrected chi connectivity index (χ2v) is 6.28. The summed E-state index contributed by atoms with van der Waals surface area (Å²) in [6.45, 7) is 0. The zero-order chi connectivity index (χ0) is 14.0. The van der Waals surface area contributed by atoms with Gasteiger partial charge in [-0.2, -0.15) is 0 Å². The van der Waals surface area contributed by atoms with Crippen molar-refractivity contribution in [3.63, 3.8) is 0 Å². The van der Waals surface area contributed by atoms with Gasteiger partial charge in [-0.3, -0.25) is 0 Å². The van der Waals surface area contributed by atoms with Crippen molar-refractivity contribution >= 4 is 56.9 Å². The van der Waals surface area contributed by atoms with Crippen molar-refractivity contribution in [2.24, 2.45) is 0 Å². The number of carbonyl (C=O) groups is 1. The minimum Gasteiger partial charge on any atom is -0.478 e. The average molecular weight is 379 g/mol. The van der Waals surface area contributed by atoms with E-state index in [9.17, 15) is 4.79 Å². The van der Waals surface area contributed by atoms with Crippen molar-refractivity contribution in [2.45, 2.75) is 9.92 Å². The third-order valence-electron chi connectivity index (χ3n) is 2.15. The van der Waals surface area contributed by atoms with Crippen LogP contribution in [0.2, 0.25) is 10.0 Å². The van der Waals surface area contributed by atoms with Gasteiger partial charge in [-0.15, -0.1) is 0 Å². The summed E-state index contributed by atoms with van der Waals surface area (Å²) in [6, 6.07) is 6.49. The van der Waals surface area contributed by atoms with E-state index in [1.807, 2.05) is 0 Å². The van der Waals surface area contributed by atoms with Gasteiger partial charge in [0.05, 0.1) is 10.6 Å². The standard InChI is InChI=1S/C12H6BrCl2NO2S/c13-6-3-8(12(17)18)11(16-5-6)19-10-4-7(14)1-2-9(10)15/h1-5H,(H,17,18). The van der Waals surface area contributed by atoms with Crippen LogP contribution in [-0.4, -0.2) is 16.1 Å². The van der Waals surface area contributed by atoms with Crippen LogP contribution in [0.25, 0.3) is 0 Å². The fourth-order valence-electron chi connectivity index (χ4n) is 1.32. The van der Waals surface area contributed by atoms with E-state index in [-0.39, 0.29) is 5.56 Å². The number of aromatic nitrogens is 1. The average Bonchev–Trinajstić information content (AvgIpc) is 2.35. The van der Waals surface area contributed by atoms with E-state index in [1.165, 1.54) is 12.3 Å². The molecule has 0 aliphatic heterocycles. The molecule has 0 amide bonds. The number of aromatic carboxylic acids is 1. The molecule has 1 aromatic heterocycles. The molecular weight excluding hydrogens is 373 g/mol. The number of hydrogen-bond acceptors (Lipinski definition) is 3. The Balaban J connectivity index is 2.43. The monoisotopic (exact) mass is 377 g/mol. The molecule has 0 atom stereocenters. The molecule has 0 spiro atoms. The molecular formula is C12H6BrCl2NO2S. The minimum absolute atomic E-state index is 0.107. The normalized spacial score (nSPS) is 10.5. The van der Waals surface area contributed by atoms with Crippen LogP contribution in [-0.2, 0) is 0 Å². The van der Waals surface area contributed by atoms with Gasteiger partial charge in [0, 0.05) is 20.6 Å². The minimum atomic E-state index is -1.05. The number of pyridine rings is 1. The highest BCUT2D eigenvalue weighted by Gasteiger charge is 2.15. The van der Waals surface area contributed by atoms with Gasteiger partial charge in [0.15, 0.2) is 0 Å². The maximum absolute atomic E-state index is 11.2. The van der Waals surface area contributed by atoms with Crippen molar-refractivity contribution in [3.05, 3.63) is 50.5 Å². The van der Waals surface area contributed by atoms with Crippen molar-refractivity contribution in [3.8, 4) is 0 Å². The van der Waals surface area contributed by atoms with E-state index in [1.54, 1.807) is 18.2 Å². The highest BCUT2D eigenvalue weighted by molar-refractivity contribution is 9.10. The van der Waals surface area contributed by atoms with Gasteiger partial charge in [-0.25, -0.2) is 9.78 Å². The molecule has 2 rings (SSSR count). The van der Waals surface area contributed by atoms with E-state index in [0.29, 0.717) is 24.4 Å². The fourth-order valence-corrected chi connectivity index (χ4v) is 3.04. The van der Waals surface area contributed by atoms with Gasteiger partial charge in [0.25, 0.3) is 0 Å². The van der Waals surface area contributed by atoms with Gasteiger partial charge in [-0.1, -0.05) is 35.0 Å². The van der Waals surface area contributed by atoms with E-state index >= 15 is 0 Å². The molecule has 0 aliphatic carbocycles. The van der Waals surface area contributed by atoms with E-state index in [0.717, 1.165) is 11.8 Å². The van der Waals surface area contributed by atoms with Gasteiger partial charge in [-0.05, 0) is 40.2 Å². The lowest BCUT2D eigenvalue weighted by atomic mass is 10.3. The van der Waals surface area contributed by atoms with Crippen LogP contribution in [0.5, 0.6) is 0 Å². The second-order valence-electron chi connectivity index (χ2n) is 3.49. The quantitative estimate of drug-likeness (QED) is 0.816. The molecule has 3 nitrogen and oxygen atoms in total. The first-order valence-corrected chi connectivity index (χ1v) is 7.35. The molecule has 0 bridgehead atoms. The number of carboxylic acids is 1. The Bertz CT molecular complexity index is 652. The summed E-state index contributed by atoms with van der Waals surface area (Å²) in [5.41, 5.74) is 0.107. The van der Waals surface area contributed by atoms with Crippen LogP contribution < -0.4 is 0 Å². The predicted octanol–water partition coefficient (Wildman–Crippen LogP) is 5.00. The molecule has 0 unspecified atom stereocenters. The van der Waals surface area contributed by atoms with Crippen LogP contribution in [0.3, 0.4) is 0 Å². The maximum atomic E-state index is 11.2. The highest BCUT2D eigenvalue weighted by Crippen LogP contribution is 2.36. The van der Waals surface area contributed by atoms with Crippen molar-refractivity contribution in [1.29, 1.82) is 0 Å². The first-order valence-electron chi connectivity index (χ1n) is 4.99. The molecule has 0 aliphatic rings. The van der Waals surface area contributed by atoms with Gasteiger partial charge in [0.2, 0.25) is 0 Å². The maximum Gasteiger partial charge on any atom is 0.338 e. The number of nitrogens with zero attached hydrogens (tertiary/aromatic N) is 1. The summed E-state index contributed by atoms with van der Waals surface area (Å²) in [5, 5.41) is 10.5. The number of benzene rings is 1. The summed E-state index contributed by atoms with van der Waals surface area (Å²) in [4.78, 5) is 15.9. The summed E-state index contributed by atoms with van der Waals surface area (Å²) in [6.07, 6.45) is 1.53. The van der Waals surface area contributed by atoms with Crippen molar-refractivity contribution in [1.82, 2.24) is 4.98 Å². The summed E-state index contributed by atoms with van der Waals surface area (Å²) in [5.74, 6) is -1.05. The van der Waals surface area contributed by atoms with Crippen LogP contribution in [0.1, 0.15) is 10.4 Å². The summed E-state index contributed by atoms with van der Waals surface area (Å²) < 4.78 is 0.603. The molecule has 0 fully saturated rings. The van der Waals surface area contributed by atoms with E-state index < -0.39 is 5.97 Å². The third kappa shape index (κ3) is 3.63. The zero-order valence-electron chi connectivity index (χ0n) is 9.23. The molecule has 1 heterocycles. The topological polar surface area (TPSA) is 50.2 Å². The highest BCUT2D eigenvalue weighted by atomic mass is 79.9. The van der Waals surface area contributed by atoms with Gasteiger partial charge >= 0.3 is 5.97 Å². The largest absolute Gasteiger partial charge is 0.478 e. The lowest BCUT2D eigenvalue weighted by Crippen LogP contribution is -2.00. The molecule has 0 saturated heterocycles. The molecule has 1 N–H and O–H groups in total. The Morgan fingerprint density at radius 3 is 2.74 bits per heavy atom. The smallest absolute Gasteiger partial charge is 0.338 e. The Kier molecular flexibility index (Phi) is 4.73.